The monoisotopic (exact) mass is 195 g/mol. The molecule has 0 saturated carbocycles. The number of hydrogen-bond donors (Lipinski definition) is 1. The zero-order chi connectivity index (χ0) is 10.7. The minimum absolute atomic E-state index is 0.299. The van der Waals surface area contributed by atoms with Crippen molar-refractivity contribution in [3.05, 3.63) is 29.8 Å². The van der Waals surface area contributed by atoms with E-state index in [1.807, 2.05) is 13.8 Å². The molecule has 4 heteroatoms. The molecule has 0 aliphatic rings. The number of nitrogens with two attached hydrogens (primary N) is 1. The van der Waals surface area contributed by atoms with Gasteiger partial charge in [-0.1, -0.05) is 13.8 Å². The number of pyridine rings is 1. The molecule has 0 unspecified atom stereocenters. The highest BCUT2D eigenvalue weighted by Crippen LogP contribution is 2.13. The van der Waals surface area contributed by atoms with Crippen LogP contribution in [0.1, 0.15) is 19.5 Å². The standard InChI is InChI=1S/C8H8FN3.C2H6/c1-5-8(10)12-3-2-6(9)4-7(12)11-5;1-2/h2-4H,10H2,1H3;1-2H3. The van der Waals surface area contributed by atoms with Crippen molar-refractivity contribution in [2.24, 2.45) is 0 Å². The molecule has 0 spiro atoms. The maximum atomic E-state index is 12.7. The van der Waals surface area contributed by atoms with Gasteiger partial charge in [0.1, 0.15) is 17.3 Å². The first-order valence-corrected chi connectivity index (χ1v) is 4.58. The third-order valence-corrected chi connectivity index (χ3v) is 1.81. The third-order valence-electron chi connectivity index (χ3n) is 1.81. The SMILES string of the molecule is CC.Cc1nc2cc(F)ccn2c1N. The van der Waals surface area contributed by atoms with Gasteiger partial charge in [0.15, 0.2) is 0 Å². The summed E-state index contributed by atoms with van der Waals surface area (Å²) in [5.74, 6) is 0.262. The van der Waals surface area contributed by atoms with Gasteiger partial charge in [0.25, 0.3) is 0 Å². The van der Waals surface area contributed by atoms with Crippen LogP contribution in [0.2, 0.25) is 0 Å². The summed E-state index contributed by atoms with van der Waals surface area (Å²) in [5.41, 5.74) is 6.94. The van der Waals surface area contributed by atoms with E-state index in [4.69, 9.17) is 5.73 Å². The molecule has 0 bridgehead atoms. The molecule has 0 atom stereocenters. The number of aryl methyl sites for hydroxylation is 1. The lowest BCUT2D eigenvalue weighted by Gasteiger charge is -1.94. The van der Waals surface area contributed by atoms with E-state index < -0.39 is 0 Å². The molecular weight excluding hydrogens is 181 g/mol. The van der Waals surface area contributed by atoms with Crippen LogP contribution in [0, 0.1) is 12.7 Å². The first-order chi connectivity index (χ1) is 6.68. The van der Waals surface area contributed by atoms with Gasteiger partial charge in [-0.2, -0.15) is 0 Å². The van der Waals surface area contributed by atoms with Crippen LogP contribution in [0.15, 0.2) is 18.3 Å². The van der Waals surface area contributed by atoms with E-state index in [9.17, 15) is 4.39 Å². The van der Waals surface area contributed by atoms with Gasteiger partial charge >= 0.3 is 0 Å². The Balaban J connectivity index is 0.000000461. The van der Waals surface area contributed by atoms with Crippen LogP contribution < -0.4 is 5.73 Å². The van der Waals surface area contributed by atoms with E-state index >= 15 is 0 Å². The van der Waals surface area contributed by atoms with Crippen molar-refractivity contribution >= 4 is 11.5 Å². The molecule has 0 saturated heterocycles. The molecule has 2 heterocycles. The zero-order valence-corrected chi connectivity index (χ0v) is 8.58. The molecule has 0 aliphatic heterocycles. The average Bonchev–Trinajstić information content (AvgIpc) is 2.45. The number of anilines is 1. The van der Waals surface area contributed by atoms with Crippen molar-refractivity contribution < 1.29 is 4.39 Å². The molecule has 2 rings (SSSR count). The Kier molecular flexibility index (Phi) is 3.06. The first-order valence-electron chi connectivity index (χ1n) is 4.58. The van der Waals surface area contributed by atoms with E-state index in [1.54, 1.807) is 17.5 Å². The Morgan fingerprint density at radius 3 is 2.71 bits per heavy atom. The molecule has 14 heavy (non-hydrogen) atoms. The lowest BCUT2D eigenvalue weighted by molar-refractivity contribution is 0.626. The molecule has 76 valence electrons. The Bertz CT molecular complexity index is 434. The van der Waals surface area contributed by atoms with Crippen LogP contribution in [0.4, 0.5) is 10.2 Å². The molecule has 2 aromatic heterocycles. The van der Waals surface area contributed by atoms with E-state index in [-0.39, 0.29) is 5.82 Å². The minimum atomic E-state index is -0.299. The maximum Gasteiger partial charge on any atom is 0.141 e. The number of nitrogen functional groups attached to an aromatic ring is 1. The zero-order valence-electron chi connectivity index (χ0n) is 8.58. The predicted molar refractivity (Wildman–Crippen MR) is 55.6 cm³/mol. The summed E-state index contributed by atoms with van der Waals surface area (Å²) in [6, 6.07) is 2.70. The highest BCUT2D eigenvalue weighted by atomic mass is 19.1. The number of aromatic nitrogens is 2. The van der Waals surface area contributed by atoms with Gasteiger partial charge in [-0.05, 0) is 13.0 Å². The summed E-state index contributed by atoms with van der Waals surface area (Å²) < 4.78 is 14.3. The van der Waals surface area contributed by atoms with Gasteiger partial charge in [-0.25, -0.2) is 9.37 Å². The molecule has 0 radical (unpaired) electrons. The second-order valence-electron chi connectivity index (χ2n) is 2.66. The summed E-state index contributed by atoms with van der Waals surface area (Å²) >= 11 is 0. The van der Waals surface area contributed by atoms with Crippen LogP contribution in [0.25, 0.3) is 5.65 Å². The summed E-state index contributed by atoms with van der Waals surface area (Å²) in [5, 5.41) is 0. The molecule has 0 fully saturated rings. The number of rotatable bonds is 0. The molecule has 0 aromatic carbocycles. The lowest BCUT2D eigenvalue weighted by Crippen LogP contribution is -1.93. The fourth-order valence-electron chi connectivity index (χ4n) is 1.16. The van der Waals surface area contributed by atoms with E-state index in [0.717, 1.165) is 5.69 Å². The minimum Gasteiger partial charge on any atom is -0.383 e. The second kappa shape index (κ2) is 4.09. The van der Waals surface area contributed by atoms with Gasteiger partial charge in [-0.15, -0.1) is 0 Å². The Morgan fingerprint density at radius 1 is 1.43 bits per heavy atom. The van der Waals surface area contributed by atoms with Crippen molar-refractivity contribution in [2.45, 2.75) is 20.8 Å². The Labute approximate surface area is 82.4 Å². The second-order valence-corrected chi connectivity index (χ2v) is 2.66. The van der Waals surface area contributed by atoms with Crippen molar-refractivity contribution in [2.75, 3.05) is 5.73 Å². The van der Waals surface area contributed by atoms with Gasteiger partial charge in [0.05, 0.1) is 5.69 Å². The fraction of sp³-hybridized carbons (Fsp3) is 0.300. The third kappa shape index (κ3) is 1.69. The summed E-state index contributed by atoms with van der Waals surface area (Å²) in [4.78, 5) is 4.07. The summed E-state index contributed by atoms with van der Waals surface area (Å²) in [7, 11) is 0. The summed E-state index contributed by atoms with van der Waals surface area (Å²) in [6.07, 6.45) is 1.57. The molecule has 2 aromatic rings. The Hall–Kier alpha value is -1.58. The van der Waals surface area contributed by atoms with Crippen molar-refractivity contribution in [3.63, 3.8) is 0 Å². The molecule has 0 aliphatic carbocycles. The van der Waals surface area contributed by atoms with E-state index in [0.29, 0.717) is 11.5 Å². The summed E-state index contributed by atoms with van der Waals surface area (Å²) in [6.45, 7) is 5.79. The fourth-order valence-corrected chi connectivity index (χ4v) is 1.16. The largest absolute Gasteiger partial charge is 0.383 e. The normalized spacial score (nSPS) is 9.71. The van der Waals surface area contributed by atoms with Crippen molar-refractivity contribution in [3.8, 4) is 0 Å². The van der Waals surface area contributed by atoms with E-state index in [2.05, 4.69) is 4.98 Å². The maximum absolute atomic E-state index is 12.7. The predicted octanol–water partition coefficient (Wildman–Crippen LogP) is 2.39. The Morgan fingerprint density at radius 2 is 2.07 bits per heavy atom. The molecule has 3 nitrogen and oxygen atoms in total. The van der Waals surface area contributed by atoms with Gasteiger partial charge in [-0.3, -0.25) is 4.40 Å². The van der Waals surface area contributed by atoms with Gasteiger partial charge in [0.2, 0.25) is 0 Å². The number of nitrogens with zero attached hydrogens (tertiary/aromatic N) is 2. The first kappa shape index (κ1) is 10.5. The van der Waals surface area contributed by atoms with Gasteiger partial charge < -0.3 is 5.73 Å². The van der Waals surface area contributed by atoms with Crippen LogP contribution in [0.3, 0.4) is 0 Å². The number of imidazole rings is 1. The van der Waals surface area contributed by atoms with Gasteiger partial charge in [0, 0.05) is 12.3 Å². The highest BCUT2D eigenvalue weighted by molar-refractivity contribution is 5.52. The van der Waals surface area contributed by atoms with Crippen molar-refractivity contribution in [1.29, 1.82) is 0 Å². The van der Waals surface area contributed by atoms with Crippen LogP contribution in [-0.4, -0.2) is 9.38 Å². The quantitative estimate of drug-likeness (QED) is 0.701. The van der Waals surface area contributed by atoms with E-state index in [1.165, 1.54) is 12.1 Å². The average molecular weight is 195 g/mol. The van der Waals surface area contributed by atoms with Crippen molar-refractivity contribution in [1.82, 2.24) is 9.38 Å². The number of halogens is 1. The number of fused-ring (bicyclic) bond motifs is 1. The molecule has 2 N–H and O–H groups in total. The number of hydrogen-bond acceptors (Lipinski definition) is 2. The molecule has 0 amide bonds. The van der Waals surface area contributed by atoms with Crippen LogP contribution in [0.5, 0.6) is 0 Å². The topological polar surface area (TPSA) is 43.3 Å². The molecular formula is C10H14FN3. The highest BCUT2D eigenvalue weighted by Gasteiger charge is 2.04. The van der Waals surface area contributed by atoms with Crippen LogP contribution >= 0.6 is 0 Å². The smallest absolute Gasteiger partial charge is 0.141 e. The van der Waals surface area contributed by atoms with Crippen LogP contribution in [-0.2, 0) is 0 Å². The lowest BCUT2D eigenvalue weighted by atomic mass is 10.4.